The van der Waals surface area contributed by atoms with Gasteiger partial charge in [0.25, 0.3) is 0 Å². The third-order valence-electron chi connectivity index (χ3n) is 4.66. The van der Waals surface area contributed by atoms with Gasteiger partial charge in [0.15, 0.2) is 0 Å². The van der Waals surface area contributed by atoms with Crippen LogP contribution < -0.4 is 15.5 Å². The minimum atomic E-state index is -0.326. The summed E-state index contributed by atoms with van der Waals surface area (Å²) >= 11 is 0. The number of hydrogen-bond donors (Lipinski definition) is 2. The number of hydrogen-bond acceptors (Lipinski definition) is 4. The molecule has 7 nitrogen and oxygen atoms in total. The van der Waals surface area contributed by atoms with Gasteiger partial charge in [0.05, 0.1) is 6.54 Å². The average molecular weight is 346 g/mol. The zero-order chi connectivity index (χ0) is 17.6. The summed E-state index contributed by atoms with van der Waals surface area (Å²) in [6.07, 6.45) is 2.82. The van der Waals surface area contributed by atoms with Crippen molar-refractivity contribution < 1.29 is 14.3 Å². The predicted molar refractivity (Wildman–Crippen MR) is 97.0 cm³/mol. The van der Waals surface area contributed by atoms with Crippen LogP contribution in [0, 0.1) is 0 Å². The molecule has 0 bridgehead atoms. The first-order chi connectivity index (χ1) is 12.2. The number of rotatable bonds is 5. The van der Waals surface area contributed by atoms with Crippen molar-refractivity contribution in [3.63, 3.8) is 0 Å². The van der Waals surface area contributed by atoms with E-state index in [1.165, 1.54) is 6.42 Å². The molecule has 0 saturated carbocycles. The zero-order valence-electron chi connectivity index (χ0n) is 14.7. The SMILES string of the molecule is CCCN1CCC(NC(=O)Nc2ccc(N3CCOC3=O)cc2)CC1. The van der Waals surface area contributed by atoms with Gasteiger partial charge in [0.1, 0.15) is 6.61 Å². The Kier molecular flexibility index (Phi) is 5.75. The first-order valence-electron chi connectivity index (χ1n) is 9.00. The molecular weight excluding hydrogens is 320 g/mol. The number of nitrogens with zero attached hydrogens (tertiary/aromatic N) is 2. The fourth-order valence-electron chi connectivity index (χ4n) is 3.32. The van der Waals surface area contributed by atoms with Crippen molar-refractivity contribution in [2.45, 2.75) is 32.2 Å². The van der Waals surface area contributed by atoms with E-state index in [2.05, 4.69) is 22.5 Å². The Balaban J connectivity index is 1.46. The highest BCUT2D eigenvalue weighted by Gasteiger charge is 2.23. The smallest absolute Gasteiger partial charge is 0.414 e. The molecule has 0 unspecified atom stereocenters. The van der Waals surface area contributed by atoms with Crippen molar-refractivity contribution in [2.24, 2.45) is 0 Å². The summed E-state index contributed by atoms with van der Waals surface area (Å²) in [6, 6.07) is 7.26. The second-order valence-electron chi connectivity index (χ2n) is 6.53. The quantitative estimate of drug-likeness (QED) is 0.860. The van der Waals surface area contributed by atoms with E-state index in [1.807, 2.05) is 12.1 Å². The van der Waals surface area contributed by atoms with Crippen LogP contribution in [-0.2, 0) is 4.74 Å². The number of piperidine rings is 1. The Bertz CT molecular complexity index is 597. The summed E-state index contributed by atoms with van der Waals surface area (Å²) in [6.45, 7) is 6.38. The van der Waals surface area contributed by atoms with Crippen molar-refractivity contribution in [1.82, 2.24) is 10.2 Å². The van der Waals surface area contributed by atoms with E-state index in [0.29, 0.717) is 18.8 Å². The van der Waals surface area contributed by atoms with Gasteiger partial charge in [-0.3, -0.25) is 4.90 Å². The number of carbonyl (C=O) groups is 2. The van der Waals surface area contributed by atoms with Gasteiger partial charge in [-0.2, -0.15) is 0 Å². The van der Waals surface area contributed by atoms with E-state index >= 15 is 0 Å². The number of amides is 3. The lowest BCUT2D eigenvalue weighted by Gasteiger charge is -2.32. The molecule has 3 amide bonds. The molecule has 2 heterocycles. The number of cyclic esters (lactones) is 1. The van der Waals surface area contributed by atoms with Crippen LogP contribution in [0.25, 0.3) is 0 Å². The maximum atomic E-state index is 12.2. The Morgan fingerprint density at radius 1 is 1.20 bits per heavy atom. The van der Waals surface area contributed by atoms with Gasteiger partial charge >= 0.3 is 12.1 Å². The molecule has 2 aliphatic rings. The van der Waals surface area contributed by atoms with Crippen LogP contribution in [0.5, 0.6) is 0 Å². The lowest BCUT2D eigenvalue weighted by Crippen LogP contribution is -2.46. The molecule has 0 spiro atoms. The molecule has 2 aliphatic heterocycles. The molecule has 2 N–H and O–H groups in total. The van der Waals surface area contributed by atoms with Crippen LogP contribution in [0.4, 0.5) is 21.0 Å². The molecule has 1 aromatic carbocycles. The summed E-state index contributed by atoms with van der Waals surface area (Å²) in [5.41, 5.74) is 1.48. The maximum Gasteiger partial charge on any atom is 0.414 e. The molecular formula is C18H26N4O3. The van der Waals surface area contributed by atoms with Crippen molar-refractivity contribution in [2.75, 3.05) is 43.0 Å². The molecule has 3 rings (SSSR count). The van der Waals surface area contributed by atoms with E-state index in [1.54, 1.807) is 17.0 Å². The highest BCUT2D eigenvalue weighted by Crippen LogP contribution is 2.21. The minimum Gasteiger partial charge on any atom is -0.447 e. The van der Waals surface area contributed by atoms with E-state index in [9.17, 15) is 9.59 Å². The molecule has 1 aromatic rings. The molecule has 25 heavy (non-hydrogen) atoms. The fourth-order valence-corrected chi connectivity index (χ4v) is 3.32. The normalized spacial score (nSPS) is 18.9. The van der Waals surface area contributed by atoms with Gasteiger partial charge < -0.3 is 20.3 Å². The molecule has 0 radical (unpaired) electrons. The molecule has 7 heteroatoms. The molecule has 2 fully saturated rings. The van der Waals surface area contributed by atoms with Crippen LogP contribution in [-0.4, -0.2) is 55.9 Å². The monoisotopic (exact) mass is 346 g/mol. The summed E-state index contributed by atoms with van der Waals surface area (Å²) in [5, 5.41) is 5.90. The lowest BCUT2D eigenvalue weighted by molar-refractivity contribution is 0.181. The van der Waals surface area contributed by atoms with Crippen molar-refractivity contribution >= 4 is 23.5 Å². The average Bonchev–Trinajstić information content (AvgIpc) is 3.03. The first kappa shape index (κ1) is 17.5. The van der Waals surface area contributed by atoms with Gasteiger partial charge in [-0.25, -0.2) is 9.59 Å². The molecule has 136 valence electrons. The standard InChI is InChI=1S/C18H26N4O3/c1-2-9-21-10-7-15(8-11-21)20-17(23)19-14-3-5-16(6-4-14)22-12-13-25-18(22)24/h3-6,15H,2,7-13H2,1H3,(H2,19,20,23). The Labute approximate surface area is 148 Å². The number of ether oxygens (including phenoxy) is 1. The number of urea groups is 1. The van der Waals surface area contributed by atoms with Crippen LogP contribution in [0.2, 0.25) is 0 Å². The number of benzene rings is 1. The van der Waals surface area contributed by atoms with Crippen LogP contribution in [0.15, 0.2) is 24.3 Å². The fraction of sp³-hybridized carbons (Fsp3) is 0.556. The Morgan fingerprint density at radius 3 is 2.52 bits per heavy atom. The van der Waals surface area contributed by atoms with Gasteiger partial charge in [-0.1, -0.05) is 6.92 Å². The Hall–Kier alpha value is -2.28. The third kappa shape index (κ3) is 4.63. The van der Waals surface area contributed by atoms with Gasteiger partial charge in [-0.15, -0.1) is 0 Å². The van der Waals surface area contributed by atoms with Gasteiger partial charge in [0, 0.05) is 30.5 Å². The van der Waals surface area contributed by atoms with Crippen LogP contribution in [0.1, 0.15) is 26.2 Å². The minimum absolute atomic E-state index is 0.178. The highest BCUT2D eigenvalue weighted by atomic mass is 16.6. The van der Waals surface area contributed by atoms with Gasteiger partial charge in [-0.05, 0) is 50.1 Å². The number of anilines is 2. The number of likely N-dealkylation sites (tertiary alicyclic amines) is 1. The lowest BCUT2D eigenvalue weighted by atomic mass is 10.1. The topological polar surface area (TPSA) is 73.9 Å². The maximum absolute atomic E-state index is 12.2. The number of carbonyl (C=O) groups excluding carboxylic acids is 2. The summed E-state index contributed by atoms with van der Waals surface area (Å²) in [4.78, 5) is 27.7. The second kappa shape index (κ2) is 8.20. The largest absolute Gasteiger partial charge is 0.447 e. The third-order valence-corrected chi connectivity index (χ3v) is 4.66. The molecule has 0 atom stereocenters. The summed E-state index contributed by atoms with van der Waals surface area (Å²) in [5.74, 6) is 0. The van der Waals surface area contributed by atoms with Crippen LogP contribution in [0.3, 0.4) is 0 Å². The first-order valence-corrected chi connectivity index (χ1v) is 9.00. The van der Waals surface area contributed by atoms with Crippen molar-refractivity contribution in [3.8, 4) is 0 Å². The van der Waals surface area contributed by atoms with Gasteiger partial charge in [0.2, 0.25) is 0 Å². The van der Waals surface area contributed by atoms with E-state index in [4.69, 9.17) is 4.74 Å². The molecule has 0 aromatic heterocycles. The number of nitrogens with one attached hydrogen (secondary N) is 2. The van der Waals surface area contributed by atoms with Crippen molar-refractivity contribution in [3.05, 3.63) is 24.3 Å². The summed E-state index contributed by atoms with van der Waals surface area (Å²) < 4.78 is 4.93. The van der Waals surface area contributed by atoms with E-state index < -0.39 is 0 Å². The summed E-state index contributed by atoms with van der Waals surface area (Å²) in [7, 11) is 0. The van der Waals surface area contributed by atoms with Crippen molar-refractivity contribution in [1.29, 1.82) is 0 Å². The Morgan fingerprint density at radius 2 is 1.92 bits per heavy atom. The van der Waals surface area contributed by atoms with E-state index in [-0.39, 0.29) is 18.2 Å². The predicted octanol–water partition coefficient (Wildman–Crippen LogP) is 2.64. The zero-order valence-corrected chi connectivity index (χ0v) is 14.7. The highest BCUT2D eigenvalue weighted by molar-refractivity contribution is 5.91. The van der Waals surface area contributed by atoms with E-state index in [0.717, 1.165) is 38.2 Å². The van der Waals surface area contributed by atoms with Crippen LogP contribution >= 0.6 is 0 Å². The second-order valence-corrected chi connectivity index (χ2v) is 6.53. The molecule has 0 aliphatic carbocycles. The molecule has 2 saturated heterocycles.